The summed E-state index contributed by atoms with van der Waals surface area (Å²) in [5.74, 6) is 3.44. The quantitative estimate of drug-likeness (QED) is 0.485. The molecule has 1 aromatic carbocycles. The number of nitrogens with one attached hydrogen (secondary N) is 2. The molecule has 0 spiro atoms. The smallest absolute Gasteiger partial charge is 0.247 e. The standard InChI is InChI=1S/C24H34N4O2/c1-16(2)22-13-20(17(3)12-21(22)15-25-10-11-26-18(4)29)14-23-27-28-24(30-23)19-8-6-5-7-9-19/h5-9,12,16,20-22,25H,10-11,13-15H2,1-4H3,(H,26,29). The van der Waals surface area contributed by atoms with E-state index < -0.39 is 0 Å². The molecule has 2 aromatic rings. The van der Waals surface area contributed by atoms with Gasteiger partial charge in [0.1, 0.15) is 0 Å². The summed E-state index contributed by atoms with van der Waals surface area (Å²) in [5, 5.41) is 14.9. The van der Waals surface area contributed by atoms with Crippen molar-refractivity contribution in [2.45, 2.75) is 40.5 Å². The second-order valence-electron chi connectivity index (χ2n) is 8.67. The van der Waals surface area contributed by atoms with Crippen LogP contribution < -0.4 is 10.6 Å². The SMILES string of the molecule is CC(=O)NCCNCC1C=C(C)C(Cc2nnc(-c3ccccc3)o2)CC1C(C)C. The second-order valence-corrected chi connectivity index (χ2v) is 8.67. The van der Waals surface area contributed by atoms with Crippen LogP contribution in [0.3, 0.4) is 0 Å². The molecule has 30 heavy (non-hydrogen) atoms. The molecule has 0 fully saturated rings. The van der Waals surface area contributed by atoms with Crippen molar-refractivity contribution in [3.63, 3.8) is 0 Å². The zero-order valence-corrected chi connectivity index (χ0v) is 18.5. The molecule has 162 valence electrons. The molecule has 6 heteroatoms. The van der Waals surface area contributed by atoms with E-state index in [1.165, 1.54) is 5.57 Å². The summed E-state index contributed by atoms with van der Waals surface area (Å²) in [5.41, 5.74) is 2.36. The van der Waals surface area contributed by atoms with Crippen molar-refractivity contribution in [1.29, 1.82) is 0 Å². The number of aromatic nitrogens is 2. The maximum atomic E-state index is 11.0. The fraction of sp³-hybridized carbons (Fsp3) is 0.542. The first-order valence-electron chi connectivity index (χ1n) is 10.9. The summed E-state index contributed by atoms with van der Waals surface area (Å²) >= 11 is 0. The van der Waals surface area contributed by atoms with E-state index in [0.717, 1.165) is 31.5 Å². The van der Waals surface area contributed by atoms with Crippen LogP contribution in [0.25, 0.3) is 11.5 Å². The van der Waals surface area contributed by atoms with Crippen LogP contribution in [0, 0.1) is 23.7 Å². The molecule has 0 aliphatic heterocycles. The molecule has 2 N–H and O–H groups in total. The van der Waals surface area contributed by atoms with E-state index in [-0.39, 0.29) is 5.91 Å². The van der Waals surface area contributed by atoms with Gasteiger partial charge in [0.2, 0.25) is 17.7 Å². The Bertz CT molecular complexity index is 844. The van der Waals surface area contributed by atoms with Gasteiger partial charge in [-0.25, -0.2) is 0 Å². The summed E-state index contributed by atoms with van der Waals surface area (Å²) in [6, 6.07) is 9.91. The minimum Gasteiger partial charge on any atom is -0.421 e. The zero-order chi connectivity index (χ0) is 21.5. The Balaban J connectivity index is 1.61. The van der Waals surface area contributed by atoms with E-state index in [0.29, 0.717) is 42.0 Å². The number of hydrogen-bond acceptors (Lipinski definition) is 5. The summed E-state index contributed by atoms with van der Waals surface area (Å²) in [7, 11) is 0. The highest BCUT2D eigenvalue weighted by molar-refractivity contribution is 5.72. The molecule has 0 saturated carbocycles. The van der Waals surface area contributed by atoms with E-state index in [1.807, 2.05) is 30.3 Å². The van der Waals surface area contributed by atoms with Crippen molar-refractivity contribution in [1.82, 2.24) is 20.8 Å². The van der Waals surface area contributed by atoms with Crippen molar-refractivity contribution in [2.75, 3.05) is 19.6 Å². The molecular formula is C24H34N4O2. The van der Waals surface area contributed by atoms with E-state index in [9.17, 15) is 4.79 Å². The van der Waals surface area contributed by atoms with E-state index in [1.54, 1.807) is 6.92 Å². The number of amides is 1. The minimum absolute atomic E-state index is 0.0181. The van der Waals surface area contributed by atoms with Gasteiger partial charge in [-0.05, 0) is 49.1 Å². The van der Waals surface area contributed by atoms with Gasteiger partial charge in [0.25, 0.3) is 0 Å². The van der Waals surface area contributed by atoms with Crippen LogP contribution in [0.4, 0.5) is 0 Å². The molecule has 1 aliphatic rings. The van der Waals surface area contributed by atoms with E-state index in [4.69, 9.17) is 4.42 Å². The molecule has 1 amide bonds. The van der Waals surface area contributed by atoms with Crippen LogP contribution in [0.1, 0.15) is 40.0 Å². The van der Waals surface area contributed by atoms with Crippen LogP contribution in [0.5, 0.6) is 0 Å². The molecule has 0 radical (unpaired) electrons. The summed E-state index contributed by atoms with van der Waals surface area (Å²) in [6.45, 7) is 10.8. The average molecular weight is 411 g/mol. The molecule has 3 atom stereocenters. The largest absolute Gasteiger partial charge is 0.421 e. The highest BCUT2D eigenvalue weighted by atomic mass is 16.4. The summed E-state index contributed by atoms with van der Waals surface area (Å²) in [6.07, 6.45) is 4.34. The summed E-state index contributed by atoms with van der Waals surface area (Å²) in [4.78, 5) is 11.0. The Morgan fingerprint density at radius 1 is 1.20 bits per heavy atom. The van der Waals surface area contributed by atoms with E-state index >= 15 is 0 Å². The monoisotopic (exact) mass is 410 g/mol. The maximum Gasteiger partial charge on any atom is 0.247 e. The molecule has 1 aromatic heterocycles. The predicted molar refractivity (Wildman–Crippen MR) is 119 cm³/mol. The Labute approximate surface area is 179 Å². The van der Waals surface area contributed by atoms with Gasteiger partial charge in [-0.15, -0.1) is 10.2 Å². The highest BCUT2D eigenvalue weighted by Crippen LogP contribution is 2.38. The lowest BCUT2D eigenvalue weighted by molar-refractivity contribution is -0.118. The van der Waals surface area contributed by atoms with Crippen LogP contribution >= 0.6 is 0 Å². The highest BCUT2D eigenvalue weighted by Gasteiger charge is 2.32. The normalized spacial score (nSPS) is 21.5. The molecule has 0 saturated heterocycles. The van der Waals surface area contributed by atoms with Gasteiger partial charge in [0, 0.05) is 38.5 Å². The number of benzene rings is 1. The second kappa shape index (κ2) is 10.5. The van der Waals surface area contributed by atoms with Crippen LogP contribution in [0.15, 0.2) is 46.4 Å². The third-order valence-electron chi connectivity index (χ3n) is 6.05. The van der Waals surface area contributed by atoms with Crippen molar-refractivity contribution >= 4 is 5.91 Å². The Kier molecular flexibility index (Phi) is 7.80. The molecule has 3 unspecified atom stereocenters. The minimum atomic E-state index is 0.0181. The molecule has 1 aliphatic carbocycles. The summed E-state index contributed by atoms with van der Waals surface area (Å²) < 4.78 is 5.96. The lowest BCUT2D eigenvalue weighted by Crippen LogP contribution is -2.37. The van der Waals surface area contributed by atoms with Crippen molar-refractivity contribution < 1.29 is 9.21 Å². The van der Waals surface area contributed by atoms with Gasteiger partial charge in [-0.2, -0.15) is 0 Å². The number of rotatable bonds is 9. The fourth-order valence-electron chi connectivity index (χ4n) is 4.35. The van der Waals surface area contributed by atoms with E-state index in [2.05, 4.69) is 47.7 Å². The van der Waals surface area contributed by atoms with Gasteiger partial charge < -0.3 is 15.1 Å². The Hall–Kier alpha value is -2.47. The number of nitrogens with zero attached hydrogens (tertiary/aromatic N) is 2. The zero-order valence-electron chi connectivity index (χ0n) is 18.5. The van der Waals surface area contributed by atoms with Crippen molar-refractivity contribution in [2.24, 2.45) is 23.7 Å². The Morgan fingerprint density at radius 2 is 1.97 bits per heavy atom. The molecule has 3 rings (SSSR count). The third kappa shape index (κ3) is 6.02. The number of allylic oxidation sites excluding steroid dienone is 1. The van der Waals surface area contributed by atoms with Crippen LogP contribution in [-0.4, -0.2) is 35.7 Å². The topological polar surface area (TPSA) is 80.0 Å². The lowest BCUT2D eigenvalue weighted by atomic mass is 9.70. The number of carbonyl (C=O) groups excluding carboxylic acids is 1. The fourth-order valence-corrected chi connectivity index (χ4v) is 4.35. The first kappa shape index (κ1) is 22.2. The van der Waals surface area contributed by atoms with Crippen LogP contribution in [-0.2, 0) is 11.2 Å². The lowest BCUT2D eigenvalue weighted by Gasteiger charge is -2.37. The molecule has 6 nitrogen and oxygen atoms in total. The number of carbonyl (C=O) groups is 1. The van der Waals surface area contributed by atoms with Crippen molar-refractivity contribution in [3.8, 4) is 11.5 Å². The van der Waals surface area contributed by atoms with Gasteiger partial charge in [0.15, 0.2) is 0 Å². The van der Waals surface area contributed by atoms with Gasteiger partial charge >= 0.3 is 0 Å². The number of hydrogen-bond donors (Lipinski definition) is 2. The van der Waals surface area contributed by atoms with Crippen molar-refractivity contribution in [3.05, 3.63) is 47.9 Å². The molecule has 0 bridgehead atoms. The third-order valence-corrected chi connectivity index (χ3v) is 6.05. The molecular weight excluding hydrogens is 376 g/mol. The predicted octanol–water partition coefficient (Wildman–Crippen LogP) is 3.86. The van der Waals surface area contributed by atoms with Gasteiger partial charge in [-0.1, -0.05) is 43.7 Å². The first-order chi connectivity index (χ1) is 14.4. The molecule has 1 heterocycles. The maximum absolute atomic E-state index is 11.0. The Morgan fingerprint density at radius 3 is 2.67 bits per heavy atom. The van der Waals surface area contributed by atoms with Gasteiger partial charge in [0.05, 0.1) is 0 Å². The first-order valence-corrected chi connectivity index (χ1v) is 10.9. The van der Waals surface area contributed by atoms with Gasteiger partial charge in [-0.3, -0.25) is 4.79 Å². The average Bonchev–Trinajstić information content (AvgIpc) is 3.18. The van der Waals surface area contributed by atoms with Crippen LogP contribution in [0.2, 0.25) is 0 Å².